The Morgan fingerprint density at radius 3 is 2.12 bits per heavy atom. The van der Waals surface area contributed by atoms with Crippen LogP contribution < -0.4 is 5.32 Å². The molecule has 1 N–H and O–H groups in total. The van der Waals surface area contributed by atoms with E-state index in [1.807, 2.05) is 4.90 Å². The molecule has 2 fully saturated rings. The molecule has 0 radical (unpaired) electrons. The van der Waals surface area contributed by atoms with Crippen LogP contribution in [0.4, 0.5) is 0 Å². The van der Waals surface area contributed by atoms with E-state index in [4.69, 9.17) is 0 Å². The molecule has 2 unspecified atom stereocenters. The quantitative estimate of drug-likeness (QED) is 0.673. The number of nitrogens with zero attached hydrogens (tertiary/aromatic N) is 2. The van der Waals surface area contributed by atoms with Crippen molar-refractivity contribution in [3.05, 3.63) is 0 Å². The second-order valence-electron chi connectivity index (χ2n) is 5.07. The van der Waals surface area contributed by atoms with Gasteiger partial charge < -0.3 is 15.1 Å². The standard InChI is InChI=1S/C12H21N3O2/c1-9-7-13-8-11(9)12(17)15-5-3-14(4-6-15)10(2)16/h9,11,13H,3-8H2,1-2H3. The zero-order valence-corrected chi connectivity index (χ0v) is 10.6. The highest BCUT2D eigenvalue weighted by Gasteiger charge is 2.34. The van der Waals surface area contributed by atoms with E-state index in [1.54, 1.807) is 11.8 Å². The summed E-state index contributed by atoms with van der Waals surface area (Å²) >= 11 is 0. The molecule has 0 aromatic rings. The van der Waals surface area contributed by atoms with Crippen LogP contribution in [-0.2, 0) is 9.59 Å². The molecule has 2 aliphatic rings. The molecule has 2 atom stereocenters. The summed E-state index contributed by atoms with van der Waals surface area (Å²) in [6.07, 6.45) is 0. The van der Waals surface area contributed by atoms with Gasteiger partial charge in [0.1, 0.15) is 0 Å². The minimum atomic E-state index is 0.105. The van der Waals surface area contributed by atoms with Gasteiger partial charge in [-0.3, -0.25) is 9.59 Å². The first kappa shape index (κ1) is 12.4. The molecule has 2 saturated heterocycles. The van der Waals surface area contributed by atoms with Gasteiger partial charge in [0.05, 0.1) is 5.92 Å². The molecule has 0 saturated carbocycles. The molecule has 0 spiro atoms. The zero-order chi connectivity index (χ0) is 12.4. The van der Waals surface area contributed by atoms with Crippen LogP contribution in [0.1, 0.15) is 13.8 Å². The second kappa shape index (κ2) is 5.04. The van der Waals surface area contributed by atoms with Crippen molar-refractivity contribution in [2.24, 2.45) is 11.8 Å². The van der Waals surface area contributed by atoms with Gasteiger partial charge >= 0.3 is 0 Å². The lowest BCUT2D eigenvalue weighted by Gasteiger charge is -2.36. The first-order chi connectivity index (χ1) is 8.09. The molecule has 0 aromatic carbocycles. The maximum Gasteiger partial charge on any atom is 0.227 e. The summed E-state index contributed by atoms with van der Waals surface area (Å²) in [5, 5.41) is 3.26. The van der Waals surface area contributed by atoms with Crippen molar-refractivity contribution in [2.75, 3.05) is 39.3 Å². The van der Waals surface area contributed by atoms with E-state index in [-0.39, 0.29) is 17.7 Å². The van der Waals surface area contributed by atoms with Crippen LogP contribution in [0.5, 0.6) is 0 Å². The molecule has 2 heterocycles. The highest BCUT2D eigenvalue weighted by molar-refractivity contribution is 5.80. The third-order valence-electron chi connectivity index (χ3n) is 3.87. The van der Waals surface area contributed by atoms with Gasteiger partial charge in [-0.2, -0.15) is 0 Å². The number of carbonyl (C=O) groups excluding carboxylic acids is 2. The average Bonchev–Trinajstić information content (AvgIpc) is 2.74. The summed E-state index contributed by atoms with van der Waals surface area (Å²) in [4.78, 5) is 27.2. The van der Waals surface area contributed by atoms with E-state index in [0.29, 0.717) is 32.1 Å². The predicted molar refractivity (Wildman–Crippen MR) is 64.4 cm³/mol. The Balaban J connectivity index is 1.88. The first-order valence-corrected chi connectivity index (χ1v) is 6.34. The van der Waals surface area contributed by atoms with Gasteiger partial charge in [-0.25, -0.2) is 0 Å². The maximum atomic E-state index is 12.3. The van der Waals surface area contributed by atoms with Gasteiger partial charge in [-0.1, -0.05) is 6.92 Å². The number of hydrogen-bond acceptors (Lipinski definition) is 3. The number of hydrogen-bond donors (Lipinski definition) is 1. The Labute approximate surface area is 102 Å². The highest BCUT2D eigenvalue weighted by atomic mass is 16.2. The number of amides is 2. The summed E-state index contributed by atoms with van der Waals surface area (Å²) < 4.78 is 0. The van der Waals surface area contributed by atoms with E-state index >= 15 is 0 Å². The Kier molecular flexibility index (Phi) is 3.66. The molecule has 2 aliphatic heterocycles. The highest BCUT2D eigenvalue weighted by Crippen LogP contribution is 2.19. The Hall–Kier alpha value is -1.10. The first-order valence-electron chi connectivity index (χ1n) is 6.34. The van der Waals surface area contributed by atoms with Gasteiger partial charge in [-0.15, -0.1) is 0 Å². The lowest BCUT2D eigenvalue weighted by molar-refractivity contribution is -0.141. The Morgan fingerprint density at radius 2 is 1.65 bits per heavy atom. The number of rotatable bonds is 1. The zero-order valence-electron chi connectivity index (χ0n) is 10.6. The molecule has 0 aromatic heterocycles. The van der Waals surface area contributed by atoms with Crippen LogP contribution in [0.2, 0.25) is 0 Å². The molecule has 5 heteroatoms. The third-order valence-corrected chi connectivity index (χ3v) is 3.87. The second-order valence-corrected chi connectivity index (χ2v) is 5.07. The van der Waals surface area contributed by atoms with Crippen molar-refractivity contribution in [1.82, 2.24) is 15.1 Å². The third kappa shape index (κ3) is 2.60. The van der Waals surface area contributed by atoms with E-state index in [0.717, 1.165) is 13.1 Å². The maximum absolute atomic E-state index is 12.3. The molecular weight excluding hydrogens is 218 g/mol. The Bertz CT molecular complexity index is 311. The van der Waals surface area contributed by atoms with E-state index in [1.165, 1.54) is 0 Å². The van der Waals surface area contributed by atoms with Gasteiger partial charge in [-0.05, 0) is 12.5 Å². The monoisotopic (exact) mass is 239 g/mol. The number of carbonyl (C=O) groups is 2. The molecule has 0 bridgehead atoms. The SMILES string of the molecule is CC(=O)N1CCN(C(=O)C2CNCC2C)CC1. The number of nitrogens with one attached hydrogen (secondary N) is 1. The fourth-order valence-corrected chi connectivity index (χ4v) is 2.62. The van der Waals surface area contributed by atoms with Crippen LogP contribution >= 0.6 is 0 Å². The molecular formula is C12H21N3O2. The van der Waals surface area contributed by atoms with Crippen molar-refractivity contribution >= 4 is 11.8 Å². The minimum Gasteiger partial charge on any atom is -0.339 e. The van der Waals surface area contributed by atoms with Crippen LogP contribution in [0.25, 0.3) is 0 Å². The summed E-state index contributed by atoms with van der Waals surface area (Å²) in [5.74, 6) is 0.908. The van der Waals surface area contributed by atoms with Gasteiger partial charge in [0.15, 0.2) is 0 Å². The topological polar surface area (TPSA) is 52.7 Å². The van der Waals surface area contributed by atoms with Crippen molar-refractivity contribution < 1.29 is 9.59 Å². The van der Waals surface area contributed by atoms with Gasteiger partial charge in [0.25, 0.3) is 0 Å². The van der Waals surface area contributed by atoms with Crippen LogP contribution in [0.3, 0.4) is 0 Å². The summed E-state index contributed by atoms with van der Waals surface area (Å²) in [7, 11) is 0. The van der Waals surface area contributed by atoms with E-state index < -0.39 is 0 Å². The van der Waals surface area contributed by atoms with Crippen LogP contribution in [-0.4, -0.2) is 60.9 Å². The van der Waals surface area contributed by atoms with E-state index in [9.17, 15) is 9.59 Å². The normalized spacial score (nSPS) is 29.5. The average molecular weight is 239 g/mol. The Morgan fingerprint density at radius 1 is 1.06 bits per heavy atom. The predicted octanol–water partition coefficient (Wildman–Crippen LogP) is -0.467. The molecule has 96 valence electrons. The van der Waals surface area contributed by atoms with Crippen molar-refractivity contribution in [3.63, 3.8) is 0 Å². The fourth-order valence-electron chi connectivity index (χ4n) is 2.62. The lowest BCUT2D eigenvalue weighted by atomic mass is 9.96. The van der Waals surface area contributed by atoms with Crippen molar-refractivity contribution in [2.45, 2.75) is 13.8 Å². The lowest BCUT2D eigenvalue weighted by Crippen LogP contribution is -2.52. The molecule has 0 aliphatic carbocycles. The largest absolute Gasteiger partial charge is 0.339 e. The van der Waals surface area contributed by atoms with Gasteiger partial charge in [0.2, 0.25) is 11.8 Å². The molecule has 2 amide bonds. The molecule has 2 rings (SSSR count). The van der Waals surface area contributed by atoms with Gasteiger partial charge in [0, 0.05) is 39.6 Å². The minimum absolute atomic E-state index is 0.105. The van der Waals surface area contributed by atoms with Crippen molar-refractivity contribution in [1.29, 1.82) is 0 Å². The summed E-state index contributed by atoms with van der Waals surface area (Å²) in [5.41, 5.74) is 0. The fraction of sp³-hybridized carbons (Fsp3) is 0.833. The van der Waals surface area contributed by atoms with Crippen LogP contribution in [0.15, 0.2) is 0 Å². The summed E-state index contributed by atoms with van der Waals surface area (Å²) in [6, 6.07) is 0. The molecule has 17 heavy (non-hydrogen) atoms. The van der Waals surface area contributed by atoms with Crippen LogP contribution in [0, 0.1) is 11.8 Å². The van der Waals surface area contributed by atoms with E-state index in [2.05, 4.69) is 12.2 Å². The number of piperazine rings is 1. The molecule has 5 nitrogen and oxygen atoms in total. The van der Waals surface area contributed by atoms with Crippen molar-refractivity contribution in [3.8, 4) is 0 Å². The summed E-state index contributed by atoms with van der Waals surface area (Å²) in [6.45, 7) is 8.15. The smallest absolute Gasteiger partial charge is 0.227 e.